The molecule has 3 rings (SSSR count). The van der Waals surface area contributed by atoms with E-state index < -0.39 is 28.2 Å². The zero-order chi connectivity index (χ0) is 19.9. The fourth-order valence-electron chi connectivity index (χ4n) is 1.95. The Morgan fingerprint density at radius 1 is 1.37 bits per heavy atom. The van der Waals surface area contributed by atoms with Crippen molar-refractivity contribution in [2.75, 3.05) is 13.7 Å². The monoisotopic (exact) mass is 412 g/mol. The molecule has 10 nitrogen and oxygen atoms in total. The highest BCUT2D eigenvalue weighted by atomic mass is 32.2. The van der Waals surface area contributed by atoms with E-state index in [0.29, 0.717) is 4.88 Å². The van der Waals surface area contributed by atoms with Crippen LogP contribution in [0.5, 0.6) is 0 Å². The summed E-state index contributed by atoms with van der Waals surface area (Å²) in [6, 6.07) is 8.05. The maximum absolute atomic E-state index is 12.0. The number of pyridine rings is 1. The van der Waals surface area contributed by atoms with E-state index in [1.54, 1.807) is 29.9 Å². The molecule has 2 amide bonds. The van der Waals surface area contributed by atoms with Gasteiger partial charge < -0.3 is 10.2 Å². The summed E-state index contributed by atoms with van der Waals surface area (Å²) in [6.45, 7) is -0.325. The van der Waals surface area contributed by atoms with Crippen LogP contribution in [0.25, 0.3) is 0 Å². The molecule has 2 N–H and O–H groups in total. The topological polar surface area (TPSA) is 138 Å². The van der Waals surface area contributed by atoms with Crippen LogP contribution in [0.3, 0.4) is 0 Å². The number of nitrogens with one attached hydrogen (secondary N) is 1. The second kappa shape index (κ2) is 9.21. The minimum absolute atomic E-state index is 0.0226. The van der Waals surface area contributed by atoms with Crippen LogP contribution in [0.2, 0.25) is 0 Å². The summed E-state index contributed by atoms with van der Waals surface area (Å²) in [7, 11) is -3.30. The smallest absolute Gasteiger partial charge is 0.362 e. The molecule has 2 aromatic heterocycles. The van der Waals surface area contributed by atoms with Crippen molar-refractivity contribution >= 4 is 39.2 Å². The molecule has 1 aliphatic rings. The molecule has 1 unspecified atom stereocenters. The van der Waals surface area contributed by atoms with E-state index in [-0.39, 0.29) is 16.6 Å². The molecule has 1 aliphatic heterocycles. The van der Waals surface area contributed by atoms with Crippen LogP contribution in [0.1, 0.15) is 4.88 Å². The molecule has 0 aliphatic carbocycles. The van der Waals surface area contributed by atoms with Crippen LogP contribution in [0.4, 0.5) is 0 Å². The van der Waals surface area contributed by atoms with Gasteiger partial charge in [0, 0.05) is 12.4 Å². The van der Waals surface area contributed by atoms with Crippen molar-refractivity contribution in [1.29, 1.82) is 0 Å². The lowest BCUT2D eigenvalue weighted by molar-refractivity contribution is -0.139. The SMILES string of the molecule is CO/N=C(\C(=O)NC1CN(S(=O)(=O)O)C1=O)c1cccs1.c1ccncc1. The minimum atomic E-state index is -4.58. The molecule has 144 valence electrons. The van der Waals surface area contributed by atoms with Crippen molar-refractivity contribution in [3.05, 3.63) is 53.0 Å². The van der Waals surface area contributed by atoms with Gasteiger partial charge in [0.25, 0.3) is 11.8 Å². The van der Waals surface area contributed by atoms with Crippen LogP contribution < -0.4 is 5.32 Å². The van der Waals surface area contributed by atoms with E-state index in [9.17, 15) is 18.0 Å². The third kappa shape index (κ3) is 5.57. The number of rotatable bonds is 5. The number of hydrogen-bond donors (Lipinski definition) is 2. The van der Waals surface area contributed by atoms with Gasteiger partial charge in [0.05, 0.1) is 11.4 Å². The highest BCUT2D eigenvalue weighted by Gasteiger charge is 2.44. The lowest BCUT2D eigenvalue weighted by atomic mass is 10.1. The maximum Gasteiger partial charge on any atom is 0.362 e. The van der Waals surface area contributed by atoms with E-state index in [2.05, 4.69) is 20.3 Å². The fourth-order valence-corrected chi connectivity index (χ4v) is 3.35. The van der Waals surface area contributed by atoms with E-state index in [4.69, 9.17) is 4.55 Å². The number of carbonyl (C=O) groups excluding carboxylic acids is 2. The molecule has 0 saturated carbocycles. The molecule has 1 atom stereocenters. The third-order valence-corrected chi connectivity index (χ3v) is 4.96. The lowest BCUT2D eigenvalue weighted by Crippen LogP contribution is -2.65. The molecular weight excluding hydrogens is 396 g/mol. The number of amides is 2. The van der Waals surface area contributed by atoms with Crippen LogP contribution in [-0.4, -0.2) is 59.5 Å². The van der Waals surface area contributed by atoms with E-state index >= 15 is 0 Å². The average molecular weight is 412 g/mol. The number of aromatic nitrogens is 1. The first-order valence-electron chi connectivity index (χ1n) is 7.44. The quantitative estimate of drug-likeness (QED) is 0.312. The first-order valence-corrected chi connectivity index (χ1v) is 9.72. The molecule has 2 aromatic rings. The molecule has 1 saturated heterocycles. The van der Waals surface area contributed by atoms with Crippen molar-refractivity contribution in [2.24, 2.45) is 5.16 Å². The summed E-state index contributed by atoms with van der Waals surface area (Å²) in [6.07, 6.45) is 3.50. The maximum atomic E-state index is 12.0. The Kier molecular flexibility index (Phi) is 6.98. The second-order valence-electron chi connectivity index (χ2n) is 5.00. The number of carbonyl (C=O) groups is 2. The zero-order valence-corrected chi connectivity index (χ0v) is 15.7. The normalized spacial score (nSPS) is 16.7. The van der Waals surface area contributed by atoms with Crippen molar-refractivity contribution in [3.8, 4) is 0 Å². The Balaban J connectivity index is 0.000000369. The van der Waals surface area contributed by atoms with Gasteiger partial charge in [-0.05, 0) is 23.6 Å². The van der Waals surface area contributed by atoms with Gasteiger partial charge >= 0.3 is 10.3 Å². The van der Waals surface area contributed by atoms with Gasteiger partial charge in [-0.1, -0.05) is 17.3 Å². The molecule has 0 spiro atoms. The van der Waals surface area contributed by atoms with E-state index in [1.165, 1.54) is 18.4 Å². The van der Waals surface area contributed by atoms with Crippen LogP contribution in [0, 0.1) is 0 Å². The molecule has 0 aromatic carbocycles. The lowest BCUT2D eigenvalue weighted by Gasteiger charge is -2.35. The molecule has 12 heteroatoms. The summed E-state index contributed by atoms with van der Waals surface area (Å²) in [5.74, 6) is -1.58. The van der Waals surface area contributed by atoms with E-state index in [1.807, 2.05) is 18.2 Å². The van der Waals surface area contributed by atoms with Gasteiger partial charge in [0.1, 0.15) is 13.2 Å². The summed E-state index contributed by atoms with van der Waals surface area (Å²) in [5, 5.41) is 7.66. The molecule has 1 fully saturated rings. The van der Waals surface area contributed by atoms with Gasteiger partial charge in [0.2, 0.25) is 0 Å². The Labute approximate surface area is 159 Å². The summed E-state index contributed by atoms with van der Waals surface area (Å²) in [5.41, 5.74) is -0.0226. The number of β-lactam (4-membered cyclic amide) rings is 1. The average Bonchev–Trinajstić information content (AvgIpc) is 3.17. The molecule has 3 heterocycles. The number of oxime groups is 1. The number of nitrogens with zero attached hydrogens (tertiary/aromatic N) is 3. The van der Waals surface area contributed by atoms with Gasteiger partial charge in [-0.3, -0.25) is 19.1 Å². The van der Waals surface area contributed by atoms with Gasteiger partial charge in [-0.25, -0.2) is 4.31 Å². The Hall–Kier alpha value is -2.83. The fraction of sp³-hybridized carbons (Fsp3) is 0.200. The van der Waals surface area contributed by atoms with Crippen LogP contribution >= 0.6 is 11.3 Å². The number of hydrogen-bond acceptors (Lipinski definition) is 8. The van der Waals surface area contributed by atoms with Crippen molar-refractivity contribution in [1.82, 2.24) is 14.6 Å². The first-order chi connectivity index (χ1) is 12.8. The number of thiophene rings is 1. The summed E-state index contributed by atoms with van der Waals surface area (Å²) >= 11 is 1.25. The largest absolute Gasteiger partial charge is 0.398 e. The highest BCUT2D eigenvalue weighted by molar-refractivity contribution is 7.84. The first kappa shape index (κ1) is 20.5. The van der Waals surface area contributed by atoms with Gasteiger partial charge in [-0.2, -0.15) is 8.42 Å². The summed E-state index contributed by atoms with van der Waals surface area (Å²) < 4.78 is 30.6. The highest BCUT2D eigenvalue weighted by Crippen LogP contribution is 2.15. The molecule has 0 radical (unpaired) electrons. The van der Waals surface area contributed by atoms with Crippen molar-refractivity contribution in [3.63, 3.8) is 0 Å². The van der Waals surface area contributed by atoms with Crippen LogP contribution in [0.15, 0.2) is 53.3 Å². The van der Waals surface area contributed by atoms with Crippen molar-refractivity contribution in [2.45, 2.75) is 6.04 Å². The third-order valence-electron chi connectivity index (χ3n) is 3.19. The summed E-state index contributed by atoms with van der Waals surface area (Å²) in [4.78, 5) is 32.5. The zero-order valence-electron chi connectivity index (χ0n) is 14.0. The Bertz CT molecular complexity index is 873. The van der Waals surface area contributed by atoms with Gasteiger partial charge in [0.15, 0.2) is 5.71 Å². The predicted molar refractivity (Wildman–Crippen MR) is 97.3 cm³/mol. The minimum Gasteiger partial charge on any atom is -0.398 e. The molecular formula is C15H16N4O6S2. The standard InChI is InChI=1S/C10H11N3O6S2.C5H5N/c1-19-12-8(7-3-2-4-20-7)9(14)11-6-5-13(10(6)15)21(16,17)18;1-2-4-6-5-3-1/h2-4,6H,5H2,1H3,(H,11,14)(H,16,17,18);1-5H/b12-8-;. The Morgan fingerprint density at radius 3 is 2.48 bits per heavy atom. The van der Waals surface area contributed by atoms with E-state index in [0.717, 1.165) is 0 Å². The van der Waals surface area contributed by atoms with Crippen LogP contribution in [-0.2, 0) is 24.7 Å². The Morgan fingerprint density at radius 2 is 2.07 bits per heavy atom. The van der Waals surface area contributed by atoms with Gasteiger partial charge in [-0.15, -0.1) is 11.3 Å². The second-order valence-corrected chi connectivity index (χ2v) is 7.28. The molecule has 0 bridgehead atoms. The molecule has 27 heavy (non-hydrogen) atoms. The van der Waals surface area contributed by atoms with Crippen molar-refractivity contribution < 1.29 is 27.4 Å². The predicted octanol–water partition coefficient (Wildman–Crippen LogP) is 0.310.